The van der Waals surface area contributed by atoms with Gasteiger partial charge < -0.3 is 10.1 Å². The van der Waals surface area contributed by atoms with Crippen molar-refractivity contribution in [3.63, 3.8) is 0 Å². The summed E-state index contributed by atoms with van der Waals surface area (Å²) in [5.41, 5.74) is 1.23. The average Bonchev–Trinajstić information content (AvgIpc) is 2.65. The molecule has 0 aliphatic carbocycles. The third kappa shape index (κ3) is 7.01. The van der Waals surface area contributed by atoms with E-state index in [2.05, 4.69) is 30.3 Å². The Morgan fingerprint density at radius 2 is 1.97 bits per heavy atom. The Labute approximate surface area is 164 Å². The summed E-state index contributed by atoms with van der Waals surface area (Å²) in [5, 5.41) is 5.27. The van der Waals surface area contributed by atoms with Crippen LogP contribution in [0.15, 0.2) is 24.4 Å². The van der Waals surface area contributed by atoms with Crippen molar-refractivity contribution in [3.05, 3.63) is 41.3 Å². The highest BCUT2D eigenvalue weighted by molar-refractivity contribution is 5.94. The molecule has 0 spiro atoms. The van der Waals surface area contributed by atoms with Crippen LogP contribution in [0.1, 0.15) is 48.1 Å². The number of aromatic nitrogens is 3. The number of rotatable bonds is 7. The molecular weight excluding hydrogens is 391 g/mol. The van der Waals surface area contributed by atoms with Gasteiger partial charge in [-0.05, 0) is 26.0 Å². The number of nitrogens with one attached hydrogen (secondary N) is 2. The second-order valence-electron chi connectivity index (χ2n) is 6.14. The van der Waals surface area contributed by atoms with Crippen molar-refractivity contribution in [2.45, 2.75) is 39.4 Å². The van der Waals surface area contributed by atoms with Crippen LogP contribution in [0.2, 0.25) is 0 Å². The molecule has 11 heteroatoms. The van der Waals surface area contributed by atoms with Gasteiger partial charge in [-0.15, -0.1) is 0 Å². The van der Waals surface area contributed by atoms with Crippen molar-refractivity contribution in [3.8, 4) is 5.88 Å². The second-order valence-corrected chi connectivity index (χ2v) is 6.14. The number of anilines is 1. The van der Waals surface area contributed by atoms with Crippen LogP contribution in [0.3, 0.4) is 0 Å². The van der Waals surface area contributed by atoms with Crippen LogP contribution in [-0.4, -0.2) is 39.5 Å². The maximum absolute atomic E-state index is 12.4. The van der Waals surface area contributed by atoms with Gasteiger partial charge in [-0.2, -0.15) is 13.2 Å². The van der Waals surface area contributed by atoms with E-state index in [4.69, 9.17) is 0 Å². The number of pyridine rings is 1. The number of halogens is 3. The van der Waals surface area contributed by atoms with E-state index in [0.717, 1.165) is 6.20 Å². The minimum absolute atomic E-state index is 0.140. The number of carbonyl (C=O) groups excluding carboxylic acids is 2. The molecule has 2 N–H and O–H groups in total. The SMILES string of the molecule is CCC(=O)Nc1nc(C)cc(C(C)NC(=O)c2ccc(OCC(F)(F)F)nc2)n1. The monoisotopic (exact) mass is 411 g/mol. The first kappa shape index (κ1) is 22.1. The number of hydrogen-bond donors (Lipinski definition) is 2. The van der Waals surface area contributed by atoms with Gasteiger partial charge >= 0.3 is 6.18 Å². The van der Waals surface area contributed by atoms with Crippen LogP contribution in [0, 0.1) is 6.92 Å². The summed E-state index contributed by atoms with van der Waals surface area (Å²) in [4.78, 5) is 35.9. The molecule has 2 rings (SSSR count). The quantitative estimate of drug-likeness (QED) is 0.726. The zero-order valence-corrected chi connectivity index (χ0v) is 16.0. The highest BCUT2D eigenvalue weighted by atomic mass is 19.4. The molecule has 156 valence electrons. The highest BCUT2D eigenvalue weighted by Crippen LogP contribution is 2.18. The lowest BCUT2D eigenvalue weighted by atomic mass is 10.2. The maximum atomic E-state index is 12.4. The third-order valence-corrected chi connectivity index (χ3v) is 3.62. The van der Waals surface area contributed by atoms with E-state index in [-0.39, 0.29) is 29.7 Å². The molecule has 1 unspecified atom stereocenters. The van der Waals surface area contributed by atoms with E-state index >= 15 is 0 Å². The Morgan fingerprint density at radius 3 is 2.55 bits per heavy atom. The van der Waals surface area contributed by atoms with Crippen LogP contribution < -0.4 is 15.4 Å². The van der Waals surface area contributed by atoms with Crippen molar-refractivity contribution in [2.75, 3.05) is 11.9 Å². The molecular formula is C18H20F3N5O3. The van der Waals surface area contributed by atoms with Gasteiger partial charge in [0.2, 0.25) is 17.7 Å². The summed E-state index contributed by atoms with van der Waals surface area (Å²) >= 11 is 0. The number of nitrogens with zero attached hydrogens (tertiary/aromatic N) is 3. The molecule has 0 aliphatic rings. The molecule has 0 aromatic carbocycles. The van der Waals surface area contributed by atoms with Crippen LogP contribution in [0.5, 0.6) is 5.88 Å². The predicted octanol–water partition coefficient (Wildman–Crippen LogP) is 2.96. The lowest BCUT2D eigenvalue weighted by Gasteiger charge is -2.15. The first-order valence-corrected chi connectivity index (χ1v) is 8.69. The standard InChI is InChI=1S/C18H20F3N5O3/c1-4-14(27)26-17-23-10(2)7-13(25-17)11(3)24-16(28)12-5-6-15(22-8-12)29-9-18(19,20)21/h5-8,11H,4,9H2,1-3H3,(H,24,28)(H,23,25,26,27). The second kappa shape index (κ2) is 9.30. The van der Waals surface area contributed by atoms with Gasteiger partial charge in [-0.1, -0.05) is 6.92 Å². The summed E-state index contributed by atoms with van der Waals surface area (Å²) in [5.74, 6) is -0.838. The largest absolute Gasteiger partial charge is 0.468 e. The Balaban J connectivity index is 2.04. The van der Waals surface area contributed by atoms with Gasteiger partial charge in [0.1, 0.15) is 0 Å². The maximum Gasteiger partial charge on any atom is 0.422 e. The van der Waals surface area contributed by atoms with Crippen molar-refractivity contribution >= 4 is 17.8 Å². The molecule has 1 atom stereocenters. The fraction of sp³-hybridized carbons (Fsp3) is 0.389. The Morgan fingerprint density at radius 1 is 1.24 bits per heavy atom. The lowest BCUT2D eigenvalue weighted by Crippen LogP contribution is -2.28. The molecule has 2 amide bonds. The molecule has 0 fully saturated rings. The minimum atomic E-state index is -4.47. The topological polar surface area (TPSA) is 106 Å². The van der Waals surface area contributed by atoms with Gasteiger partial charge in [-0.25, -0.2) is 15.0 Å². The number of ether oxygens (including phenoxy) is 1. The molecule has 0 saturated heterocycles. The molecule has 0 saturated carbocycles. The number of carbonyl (C=O) groups is 2. The van der Waals surface area contributed by atoms with Gasteiger partial charge in [0, 0.05) is 24.4 Å². The normalized spacial score (nSPS) is 12.2. The number of hydrogen-bond acceptors (Lipinski definition) is 6. The zero-order valence-electron chi connectivity index (χ0n) is 16.0. The summed E-state index contributed by atoms with van der Waals surface area (Å²) in [6.45, 7) is 3.65. The van der Waals surface area contributed by atoms with Crippen molar-refractivity contribution in [2.24, 2.45) is 0 Å². The Kier molecular flexibility index (Phi) is 7.08. The first-order chi connectivity index (χ1) is 13.6. The molecule has 2 heterocycles. The zero-order chi connectivity index (χ0) is 21.6. The molecule has 0 radical (unpaired) electrons. The number of amides is 2. The summed E-state index contributed by atoms with van der Waals surface area (Å²) in [6, 6.07) is 3.62. The van der Waals surface area contributed by atoms with Crippen LogP contribution in [0.4, 0.5) is 19.1 Å². The van der Waals surface area contributed by atoms with Gasteiger partial charge in [0.05, 0.1) is 17.3 Å². The van der Waals surface area contributed by atoms with E-state index in [1.807, 2.05) is 0 Å². The average molecular weight is 411 g/mol. The van der Waals surface area contributed by atoms with E-state index in [9.17, 15) is 22.8 Å². The molecule has 2 aromatic rings. The smallest absolute Gasteiger partial charge is 0.422 e. The van der Waals surface area contributed by atoms with Crippen LogP contribution in [-0.2, 0) is 4.79 Å². The lowest BCUT2D eigenvalue weighted by molar-refractivity contribution is -0.154. The van der Waals surface area contributed by atoms with Gasteiger partial charge in [-0.3, -0.25) is 14.9 Å². The Hall–Kier alpha value is -3.24. The van der Waals surface area contributed by atoms with Gasteiger partial charge in [0.25, 0.3) is 5.91 Å². The highest BCUT2D eigenvalue weighted by Gasteiger charge is 2.28. The minimum Gasteiger partial charge on any atom is -0.468 e. The Bertz CT molecular complexity index is 872. The van der Waals surface area contributed by atoms with Crippen molar-refractivity contribution in [1.29, 1.82) is 0 Å². The molecule has 0 aliphatic heterocycles. The predicted molar refractivity (Wildman–Crippen MR) is 97.4 cm³/mol. The fourth-order valence-electron chi connectivity index (χ4n) is 2.19. The van der Waals surface area contributed by atoms with E-state index in [1.165, 1.54) is 12.1 Å². The van der Waals surface area contributed by atoms with Crippen molar-refractivity contribution in [1.82, 2.24) is 20.3 Å². The van der Waals surface area contributed by atoms with Gasteiger partial charge in [0.15, 0.2) is 6.61 Å². The van der Waals surface area contributed by atoms with Crippen molar-refractivity contribution < 1.29 is 27.5 Å². The van der Waals surface area contributed by atoms with Crippen LogP contribution in [0.25, 0.3) is 0 Å². The number of alkyl halides is 3. The molecule has 29 heavy (non-hydrogen) atoms. The van der Waals surface area contributed by atoms with E-state index in [1.54, 1.807) is 26.8 Å². The van der Waals surface area contributed by atoms with Crippen LogP contribution >= 0.6 is 0 Å². The third-order valence-electron chi connectivity index (χ3n) is 3.62. The summed E-state index contributed by atoms with van der Waals surface area (Å²) in [7, 11) is 0. The molecule has 0 bridgehead atoms. The van der Waals surface area contributed by atoms with E-state index < -0.39 is 24.7 Å². The molecule has 2 aromatic heterocycles. The van der Waals surface area contributed by atoms with E-state index in [0.29, 0.717) is 11.4 Å². The molecule has 8 nitrogen and oxygen atoms in total. The first-order valence-electron chi connectivity index (χ1n) is 8.69. The fourth-order valence-corrected chi connectivity index (χ4v) is 2.19. The summed E-state index contributed by atoms with van der Waals surface area (Å²) < 4.78 is 41.0. The summed E-state index contributed by atoms with van der Waals surface area (Å²) in [6.07, 6.45) is -3.08. The number of aryl methyl sites for hydroxylation is 1.